The molecular weight excluding hydrogens is 234 g/mol. The Bertz CT molecular complexity index is 417. The number of hydrogen-bond acceptors (Lipinski definition) is 2. The van der Waals surface area contributed by atoms with E-state index in [0.717, 1.165) is 18.7 Å². The maximum absolute atomic E-state index is 8.71. The first kappa shape index (κ1) is 15.8. The third-order valence-electron chi connectivity index (χ3n) is 2.99. The Kier molecular flexibility index (Phi) is 7.97. The molecule has 0 saturated heterocycles. The largest absolute Gasteiger partial charge is 0.395 e. The molecule has 1 N–H and O–H groups in total. The first-order valence-corrected chi connectivity index (χ1v) is 7.13. The lowest BCUT2D eigenvalue weighted by molar-refractivity contribution is 0.305. The molecule has 0 aliphatic heterocycles. The molecule has 0 aromatic heterocycles. The van der Waals surface area contributed by atoms with E-state index < -0.39 is 0 Å². The van der Waals surface area contributed by atoms with Crippen LogP contribution in [0.4, 0.5) is 0 Å². The first-order chi connectivity index (χ1) is 9.26. The molecule has 1 rings (SSSR count). The summed E-state index contributed by atoms with van der Waals surface area (Å²) in [5, 5.41) is 8.71. The zero-order chi connectivity index (χ0) is 13.9. The van der Waals surface area contributed by atoms with Crippen LogP contribution in [0.15, 0.2) is 24.3 Å². The van der Waals surface area contributed by atoms with E-state index in [1.807, 2.05) is 6.07 Å². The Hall–Kier alpha value is -1.30. The van der Waals surface area contributed by atoms with Gasteiger partial charge in [0, 0.05) is 18.5 Å². The molecule has 0 fully saturated rings. The summed E-state index contributed by atoms with van der Waals surface area (Å²) in [6.07, 6.45) is 4.38. The van der Waals surface area contributed by atoms with Crippen molar-refractivity contribution in [3.63, 3.8) is 0 Å². The van der Waals surface area contributed by atoms with Gasteiger partial charge in [0.05, 0.1) is 6.61 Å². The number of nitrogens with zero attached hydrogens (tertiary/aromatic N) is 1. The van der Waals surface area contributed by atoms with Gasteiger partial charge in [0.1, 0.15) is 0 Å². The molecule has 104 valence electrons. The van der Waals surface area contributed by atoms with Crippen LogP contribution in [0.1, 0.15) is 43.7 Å². The van der Waals surface area contributed by atoms with Crippen molar-refractivity contribution in [2.75, 3.05) is 20.2 Å². The zero-order valence-corrected chi connectivity index (χ0v) is 12.2. The number of aliphatic hydroxyl groups is 1. The maximum atomic E-state index is 8.71. The number of rotatable bonds is 7. The Morgan fingerprint density at radius 3 is 2.84 bits per heavy atom. The van der Waals surface area contributed by atoms with Crippen molar-refractivity contribution < 1.29 is 5.11 Å². The summed E-state index contributed by atoms with van der Waals surface area (Å²) >= 11 is 0. The van der Waals surface area contributed by atoms with Gasteiger partial charge in [0.15, 0.2) is 0 Å². The van der Waals surface area contributed by atoms with Gasteiger partial charge in [0.2, 0.25) is 0 Å². The van der Waals surface area contributed by atoms with Gasteiger partial charge in [0.25, 0.3) is 0 Å². The van der Waals surface area contributed by atoms with Crippen molar-refractivity contribution in [2.45, 2.75) is 39.2 Å². The molecule has 2 nitrogen and oxygen atoms in total. The minimum absolute atomic E-state index is 0.132. The summed E-state index contributed by atoms with van der Waals surface area (Å²) in [5.41, 5.74) is 2.34. The molecule has 0 unspecified atom stereocenters. The smallest absolute Gasteiger partial charge is 0.0540 e. The average Bonchev–Trinajstić information content (AvgIpc) is 2.40. The van der Waals surface area contributed by atoms with Crippen LogP contribution in [0.2, 0.25) is 0 Å². The van der Waals surface area contributed by atoms with Crippen molar-refractivity contribution in [3.05, 3.63) is 35.4 Å². The van der Waals surface area contributed by atoms with E-state index in [9.17, 15) is 0 Å². The molecule has 0 aliphatic carbocycles. The molecule has 0 heterocycles. The summed E-state index contributed by atoms with van der Waals surface area (Å²) < 4.78 is 0. The van der Waals surface area contributed by atoms with E-state index in [0.29, 0.717) is 6.42 Å². The van der Waals surface area contributed by atoms with Crippen molar-refractivity contribution in [1.29, 1.82) is 0 Å². The van der Waals surface area contributed by atoms with E-state index in [4.69, 9.17) is 5.11 Å². The zero-order valence-electron chi connectivity index (χ0n) is 12.2. The first-order valence-electron chi connectivity index (χ1n) is 7.13. The third kappa shape index (κ3) is 7.00. The second-order valence-electron chi connectivity index (χ2n) is 4.92. The number of unbranched alkanes of at least 4 members (excludes halogenated alkanes) is 2. The van der Waals surface area contributed by atoms with Crippen LogP contribution in [0.5, 0.6) is 0 Å². The molecule has 0 bridgehead atoms. The van der Waals surface area contributed by atoms with Crippen molar-refractivity contribution in [3.8, 4) is 11.8 Å². The van der Waals surface area contributed by atoms with Gasteiger partial charge in [-0.2, -0.15) is 0 Å². The monoisotopic (exact) mass is 259 g/mol. The van der Waals surface area contributed by atoms with E-state index in [-0.39, 0.29) is 6.61 Å². The van der Waals surface area contributed by atoms with E-state index in [1.54, 1.807) is 0 Å². The quantitative estimate of drug-likeness (QED) is 0.601. The molecule has 0 saturated carbocycles. The highest BCUT2D eigenvalue weighted by Crippen LogP contribution is 2.08. The fourth-order valence-corrected chi connectivity index (χ4v) is 1.99. The standard InChI is InChI=1S/C17H25NO/c1-3-4-6-12-18(2)15-17-11-8-10-16(14-17)9-5-7-13-19/h8,10-11,14,19H,3-4,6-7,12-13,15H2,1-2H3. The molecule has 0 amide bonds. The van der Waals surface area contributed by atoms with E-state index in [2.05, 4.69) is 48.9 Å². The fraction of sp³-hybridized carbons (Fsp3) is 0.529. The van der Waals surface area contributed by atoms with Gasteiger partial charge in [-0.25, -0.2) is 0 Å². The van der Waals surface area contributed by atoms with Crippen LogP contribution < -0.4 is 0 Å². The van der Waals surface area contributed by atoms with Crippen LogP contribution >= 0.6 is 0 Å². The normalized spacial score (nSPS) is 10.3. The second-order valence-corrected chi connectivity index (χ2v) is 4.92. The lowest BCUT2D eigenvalue weighted by Gasteiger charge is -2.16. The van der Waals surface area contributed by atoms with Gasteiger partial charge in [-0.05, 0) is 37.7 Å². The molecular formula is C17H25NO. The predicted octanol–water partition coefficient (Wildman–Crippen LogP) is 3.04. The summed E-state index contributed by atoms with van der Waals surface area (Å²) in [4.78, 5) is 2.36. The minimum Gasteiger partial charge on any atom is -0.395 e. The molecule has 19 heavy (non-hydrogen) atoms. The summed E-state index contributed by atoms with van der Waals surface area (Å²) in [6.45, 7) is 4.48. The molecule has 0 spiro atoms. The Morgan fingerprint density at radius 1 is 1.26 bits per heavy atom. The number of benzene rings is 1. The molecule has 0 aliphatic rings. The molecule has 1 aromatic rings. The molecule has 2 heteroatoms. The summed E-state index contributed by atoms with van der Waals surface area (Å²) in [5.74, 6) is 6.04. The van der Waals surface area contributed by atoms with Crippen molar-refractivity contribution in [2.24, 2.45) is 0 Å². The lowest BCUT2D eigenvalue weighted by atomic mass is 10.1. The van der Waals surface area contributed by atoms with Crippen LogP contribution in [0, 0.1) is 11.8 Å². The molecule has 0 atom stereocenters. The van der Waals surface area contributed by atoms with Crippen LogP contribution in [-0.2, 0) is 6.54 Å². The predicted molar refractivity (Wildman–Crippen MR) is 80.9 cm³/mol. The van der Waals surface area contributed by atoms with Crippen LogP contribution in [0.25, 0.3) is 0 Å². The summed E-state index contributed by atoms with van der Waals surface area (Å²) in [7, 11) is 2.17. The van der Waals surface area contributed by atoms with Gasteiger partial charge in [-0.3, -0.25) is 0 Å². The van der Waals surface area contributed by atoms with Gasteiger partial charge in [-0.15, -0.1) is 0 Å². The highest BCUT2D eigenvalue weighted by atomic mass is 16.2. The minimum atomic E-state index is 0.132. The Balaban J connectivity index is 2.50. The average molecular weight is 259 g/mol. The highest BCUT2D eigenvalue weighted by molar-refractivity contribution is 5.37. The van der Waals surface area contributed by atoms with Crippen LogP contribution in [0.3, 0.4) is 0 Å². The highest BCUT2D eigenvalue weighted by Gasteiger charge is 2.00. The van der Waals surface area contributed by atoms with Crippen molar-refractivity contribution >= 4 is 0 Å². The Morgan fingerprint density at radius 2 is 2.11 bits per heavy atom. The Labute approximate surface area is 117 Å². The third-order valence-corrected chi connectivity index (χ3v) is 2.99. The topological polar surface area (TPSA) is 23.5 Å². The van der Waals surface area contributed by atoms with Gasteiger partial charge < -0.3 is 10.0 Å². The van der Waals surface area contributed by atoms with Crippen molar-refractivity contribution in [1.82, 2.24) is 4.90 Å². The second kappa shape index (κ2) is 9.61. The number of hydrogen-bond donors (Lipinski definition) is 1. The van der Waals surface area contributed by atoms with E-state index in [1.165, 1.54) is 24.8 Å². The van der Waals surface area contributed by atoms with Gasteiger partial charge in [-0.1, -0.05) is 43.7 Å². The lowest BCUT2D eigenvalue weighted by Crippen LogP contribution is -2.19. The summed E-state index contributed by atoms with van der Waals surface area (Å²) in [6, 6.07) is 8.36. The SMILES string of the molecule is CCCCCN(C)Cc1cccc(C#CCCO)c1. The fourth-order valence-electron chi connectivity index (χ4n) is 1.99. The van der Waals surface area contributed by atoms with E-state index >= 15 is 0 Å². The molecule has 1 aromatic carbocycles. The van der Waals surface area contributed by atoms with Gasteiger partial charge >= 0.3 is 0 Å². The number of aliphatic hydroxyl groups excluding tert-OH is 1. The molecule has 0 radical (unpaired) electrons. The maximum Gasteiger partial charge on any atom is 0.0540 e. The van der Waals surface area contributed by atoms with Crippen LogP contribution in [-0.4, -0.2) is 30.2 Å².